The van der Waals surface area contributed by atoms with Crippen molar-refractivity contribution < 1.29 is 9.90 Å². The van der Waals surface area contributed by atoms with Gasteiger partial charge in [-0.15, -0.1) is 0 Å². The average Bonchev–Trinajstić information content (AvgIpc) is 2.36. The summed E-state index contributed by atoms with van der Waals surface area (Å²) in [7, 11) is 0. The van der Waals surface area contributed by atoms with Crippen LogP contribution in [-0.2, 0) is 4.79 Å². The van der Waals surface area contributed by atoms with E-state index < -0.39 is 6.10 Å². The molecule has 1 atom stereocenters. The Morgan fingerprint density at radius 2 is 2.32 bits per heavy atom. The maximum absolute atomic E-state index is 11.8. The molecule has 2 N–H and O–H groups in total. The van der Waals surface area contributed by atoms with Crippen LogP contribution in [0.5, 0.6) is 0 Å². The average molecular weight is 279 g/mol. The number of rotatable bonds is 4. The maximum atomic E-state index is 11.8. The van der Waals surface area contributed by atoms with Gasteiger partial charge >= 0.3 is 0 Å². The van der Waals surface area contributed by atoms with Crippen LogP contribution in [-0.4, -0.2) is 22.1 Å². The van der Waals surface area contributed by atoms with Crippen LogP contribution in [0.15, 0.2) is 30.5 Å². The Bertz CT molecular complexity index is 599. The first-order valence-corrected chi connectivity index (χ1v) is 6.46. The number of anilines is 1. The summed E-state index contributed by atoms with van der Waals surface area (Å²) in [5, 5.41) is 13.4. The molecule has 0 radical (unpaired) electrons. The number of benzene rings is 1. The molecule has 100 valence electrons. The first kappa shape index (κ1) is 13.8. The highest BCUT2D eigenvalue weighted by atomic mass is 35.5. The van der Waals surface area contributed by atoms with E-state index in [0.29, 0.717) is 22.6 Å². The lowest BCUT2D eigenvalue weighted by Crippen LogP contribution is -2.14. The first-order valence-electron chi connectivity index (χ1n) is 6.08. The van der Waals surface area contributed by atoms with Gasteiger partial charge in [0, 0.05) is 23.0 Å². The number of aliphatic hydroxyl groups excluding tert-OH is 1. The zero-order valence-corrected chi connectivity index (χ0v) is 11.3. The Balaban J connectivity index is 2.22. The van der Waals surface area contributed by atoms with E-state index >= 15 is 0 Å². The van der Waals surface area contributed by atoms with Crippen LogP contribution in [0.4, 0.5) is 5.69 Å². The number of fused-ring (bicyclic) bond motifs is 1. The molecule has 0 saturated heterocycles. The Kier molecular flexibility index (Phi) is 4.35. The van der Waals surface area contributed by atoms with E-state index in [4.69, 9.17) is 16.7 Å². The van der Waals surface area contributed by atoms with Gasteiger partial charge in [-0.2, -0.15) is 0 Å². The Morgan fingerprint density at radius 3 is 3.05 bits per heavy atom. The van der Waals surface area contributed by atoms with Gasteiger partial charge < -0.3 is 10.4 Å². The number of nitrogens with zero attached hydrogens (tertiary/aromatic N) is 1. The minimum Gasteiger partial charge on any atom is -0.393 e. The van der Waals surface area contributed by atoms with Crippen LogP contribution in [0.2, 0.25) is 5.02 Å². The summed E-state index contributed by atoms with van der Waals surface area (Å²) in [6.07, 6.45) is 1.87. The van der Waals surface area contributed by atoms with E-state index in [1.807, 2.05) is 12.1 Å². The normalized spacial score (nSPS) is 12.4. The molecule has 2 rings (SSSR count). The van der Waals surface area contributed by atoms with Crippen molar-refractivity contribution in [3.05, 3.63) is 35.5 Å². The van der Waals surface area contributed by atoms with Gasteiger partial charge in [-0.1, -0.05) is 17.7 Å². The van der Waals surface area contributed by atoms with Crippen LogP contribution >= 0.6 is 11.6 Å². The predicted octanol–water partition coefficient (Wildman–Crippen LogP) is 2.99. The minimum atomic E-state index is -0.486. The first-order chi connectivity index (χ1) is 9.06. The summed E-state index contributed by atoms with van der Waals surface area (Å²) < 4.78 is 0. The van der Waals surface area contributed by atoms with Gasteiger partial charge in [0.2, 0.25) is 5.91 Å². The molecule has 4 nitrogen and oxygen atoms in total. The number of aliphatic hydroxyl groups is 1. The fourth-order valence-electron chi connectivity index (χ4n) is 1.80. The number of pyridine rings is 1. The highest BCUT2D eigenvalue weighted by molar-refractivity contribution is 6.32. The summed E-state index contributed by atoms with van der Waals surface area (Å²) in [6, 6.07) is 7.18. The number of carbonyl (C=O) groups excluding carboxylic acids is 1. The molecule has 1 amide bonds. The second-order valence-corrected chi connectivity index (χ2v) is 4.90. The third kappa shape index (κ3) is 3.66. The van der Waals surface area contributed by atoms with Gasteiger partial charge in [-0.05, 0) is 31.5 Å². The van der Waals surface area contributed by atoms with Gasteiger partial charge in [0.05, 0.1) is 17.3 Å². The largest absolute Gasteiger partial charge is 0.393 e. The van der Waals surface area contributed by atoms with Crippen molar-refractivity contribution >= 4 is 34.1 Å². The van der Waals surface area contributed by atoms with Crippen molar-refractivity contribution in [1.82, 2.24) is 4.98 Å². The molecule has 5 heteroatoms. The van der Waals surface area contributed by atoms with E-state index in [-0.39, 0.29) is 12.3 Å². The van der Waals surface area contributed by atoms with E-state index in [2.05, 4.69) is 10.3 Å². The molecular weight excluding hydrogens is 264 g/mol. The molecule has 0 aliphatic carbocycles. The molecule has 0 spiro atoms. The van der Waals surface area contributed by atoms with Gasteiger partial charge in [-0.25, -0.2) is 0 Å². The smallest absolute Gasteiger partial charge is 0.224 e. The number of carbonyl (C=O) groups is 1. The van der Waals surface area contributed by atoms with E-state index in [0.717, 1.165) is 5.39 Å². The van der Waals surface area contributed by atoms with Crippen molar-refractivity contribution in [3.8, 4) is 0 Å². The Labute approximate surface area is 116 Å². The molecule has 19 heavy (non-hydrogen) atoms. The number of amides is 1. The molecule has 1 unspecified atom stereocenters. The topological polar surface area (TPSA) is 62.2 Å². The Hall–Kier alpha value is -1.65. The summed E-state index contributed by atoms with van der Waals surface area (Å²) in [6.45, 7) is 1.66. The molecule has 0 bridgehead atoms. The molecule has 0 fully saturated rings. The maximum Gasteiger partial charge on any atom is 0.224 e. The quantitative estimate of drug-likeness (QED) is 0.904. The van der Waals surface area contributed by atoms with Crippen LogP contribution in [0.25, 0.3) is 10.9 Å². The fourth-order valence-corrected chi connectivity index (χ4v) is 2.03. The monoisotopic (exact) mass is 278 g/mol. The third-order valence-electron chi connectivity index (χ3n) is 2.73. The zero-order valence-electron chi connectivity index (χ0n) is 10.6. The van der Waals surface area contributed by atoms with Crippen molar-refractivity contribution in [2.45, 2.75) is 25.9 Å². The summed E-state index contributed by atoms with van der Waals surface area (Å²) in [5.74, 6) is -0.157. The molecule has 1 aromatic heterocycles. The lowest BCUT2D eigenvalue weighted by atomic mass is 10.1. The summed E-state index contributed by atoms with van der Waals surface area (Å²) >= 11 is 6.02. The van der Waals surface area contributed by atoms with Crippen LogP contribution in [0.3, 0.4) is 0 Å². The van der Waals surface area contributed by atoms with Crippen molar-refractivity contribution in [3.63, 3.8) is 0 Å². The van der Waals surface area contributed by atoms with Crippen LogP contribution in [0.1, 0.15) is 19.8 Å². The van der Waals surface area contributed by atoms with Gasteiger partial charge in [0.25, 0.3) is 0 Å². The third-order valence-corrected chi connectivity index (χ3v) is 2.95. The van der Waals surface area contributed by atoms with E-state index in [1.54, 1.807) is 25.3 Å². The second kappa shape index (κ2) is 5.99. The number of halogens is 1. The van der Waals surface area contributed by atoms with Crippen LogP contribution < -0.4 is 5.32 Å². The summed E-state index contributed by atoms with van der Waals surface area (Å²) in [4.78, 5) is 16.0. The molecule has 0 saturated carbocycles. The number of aromatic nitrogens is 1. The second-order valence-electron chi connectivity index (χ2n) is 4.46. The molecular formula is C14H15ClN2O2. The van der Waals surface area contributed by atoms with Gasteiger partial charge in [0.1, 0.15) is 0 Å². The molecule has 0 aliphatic heterocycles. The van der Waals surface area contributed by atoms with Crippen molar-refractivity contribution in [1.29, 1.82) is 0 Å². The molecule has 0 aliphatic rings. The lowest BCUT2D eigenvalue weighted by molar-refractivity contribution is -0.116. The van der Waals surface area contributed by atoms with Gasteiger partial charge in [-0.3, -0.25) is 9.78 Å². The lowest BCUT2D eigenvalue weighted by Gasteiger charge is -2.09. The highest BCUT2D eigenvalue weighted by Crippen LogP contribution is 2.26. The molecule has 1 aromatic carbocycles. The Morgan fingerprint density at radius 1 is 1.53 bits per heavy atom. The number of hydrogen-bond acceptors (Lipinski definition) is 3. The number of hydrogen-bond donors (Lipinski definition) is 2. The standard InChI is InChI=1S/C14H15ClN2O2/c1-9(18)4-5-13(19)17-12-8-11(15)7-10-3-2-6-16-14(10)12/h2-3,6-9,18H,4-5H2,1H3,(H,17,19). The SMILES string of the molecule is CC(O)CCC(=O)Nc1cc(Cl)cc2cccnc12. The van der Waals surface area contributed by atoms with Crippen LogP contribution in [0, 0.1) is 0 Å². The van der Waals surface area contributed by atoms with Crippen molar-refractivity contribution in [2.75, 3.05) is 5.32 Å². The summed E-state index contributed by atoms with van der Waals surface area (Å²) in [5.41, 5.74) is 1.30. The minimum absolute atomic E-state index is 0.157. The molecule has 2 aromatic rings. The van der Waals surface area contributed by atoms with E-state index in [9.17, 15) is 4.79 Å². The fraction of sp³-hybridized carbons (Fsp3) is 0.286. The predicted molar refractivity (Wildman–Crippen MR) is 76.3 cm³/mol. The zero-order chi connectivity index (χ0) is 13.8. The highest BCUT2D eigenvalue weighted by Gasteiger charge is 2.09. The van der Waals surface area contributed by atoms with E-state index in [1.165, 1.54) is 0 Å². The molecule has 1 heterocycles. The van der Waals surface area contributed by atoms with Gasteiger partial charge in [0.15, 0.2) is 0 Å². The number of nitrogens with one attached hydrogen (secondary N) is 1. The van der Waals surface area contributed by atoms with Crippen molar-refractivity contribution in [2.24, 2.45) is 0 Å².